The van der Waals surface area contributed by atoms with Crippen molar-refractivity contribution in [2.24, 2.45) is 11.7 Å². The maximum Gasteiger partial charge on any atom is 0.237 e. The Kier molecular flexibility index (Phi) is 7.90. The third kappa shape index (κ3) is 5.20. The zero-order chi connectivity index (χ0) is 17.6. The predicted octanol–water partition coefficient (Wildman–Crippen LogP) is 3.22. The van der Waals surface area contributed by atoms with Crippen LogP contribution in [0.1, 0.15) is 17.7 Å². The summed E-state index contributed by atoms with van der Waals surface area (Å²) in [7, 11) is 1.66. The van der Waals surface area contributed by atoms with Crippen LogP contribution in [0.4, 0.5) is 0 Å². The summed E-state index contributed by atoms with van der Waals surface area (Å²) >= 11 is 1.64. The van der Waals surface area contributed by atoms with Crippen LogP contribution in [0.2, 0.25) is 0 Å². The first-order chi connectivity index (χ1) is 12.2. The first-order valence-electron chi connectivity index (χ1n) is 8.50. The SMILES string of the molecule is COc1ccc(-c2csc(CNC(=O)C(N)C3CCOCC3)c2)cc1.Cl. The maximum atomic E-state index is 12.3. The second kappa shape index (κ2) is 9.92. The molecule has 1 aromatic carbocycles. The number of carbonyl (C=O) groups is 1. The smallest absolute Gasteiger partial charge is 0.237 e. The molecule has 0 radical (unpaired) electrons. The third-order valence-corrected chi connectivity index (χ3v) is 5.53. The molecular formula is C19H25ClN2O3S. The van der Waals surface area contributed by atoms with E-state index in [1.165, 1.54) is 0 Å². The standard InChI is InChI=1S/C19H24N2O3S.ClH/c1-23-16-4-2-13(3-5-16)15-10-17(25-12-15)11-21-19(22)18(20)14-6-8-24-9-7-14;/h2-5,10,12,14,18H,6-9,11,20H2,1H3,(H,21,22);1H. The van der Waals surface area contributed by atoms with Gasteiger partial charge in [0, 0.05) is 18.1 Å². The fourth-order valence-electron chi connectivity index (χ4n) is 2.99. The van der Waals surface area contributed by atoms with E-state index in [-0.39, 0.29) is 24.2 Å². The van der Waals surface area contributed by atoms with E-state index in [0.29, 0.717) is 19.8 Å². The Hall–Kier alpha value is -1.60. The van der Waals surface area contributed by atoms with Crippen LogP contribution in [0, 0.1) is 5.92 Å². The molecule has 0 saturated carbocycles. The van der Waals surface area contributed by atoms with Crippen molar-refractivity contribution in [3.05, 3.63) is 40.6 Å². The summed E-state index contributed by atoms with van der Waals surface area (Å²) in [6.45, 7) is 1.90. The van der Waals surface area contributed by atoms with Crippen molar-refractivity contribution in [2.75, 3.05) is 20.3 Å². The number of carbonyl (C=O) groups excluding carboxylic acids is 1. The van der Waals surface area contributed by atoms with E-state index in [2.05, 4.69) is 16.8 Å². The number of nitrogens with two attached hydrogens (primary N) is 1. The van der Waals surface area contributed by atoms with Crippen LogP contribution in [0.15, 0.2) is 35.7 Å². The number of halogens is 1. The van der Waals surface area contributed by atoms with Crippen LogP contribution in [-0.4, -0.2) is 32.3 Å². The number of hydrogen-bond acceptors (Lipinski definition) is 5. The molecule has 26 heavy (non-hydrogen) atoms. The third-order valence-electron chi connectivity index (χ3n) is 4.59. The summed E-state index contributed by atoms with van der Waals surface area (Å²) in [6.07, 6.45) is 1.71. The molecule has 1 amide bonds. The van der Waals surface area contributed by atoms with Gasteiger partial charge < -0.3 is 20.5 Å². The molecule has 1 fully saturated rings. The molecule has 3 N–H and O–H groups in total. The fraction of sp³-hybridized carbons (Fsp3) is 0.421. The number of rotatable bonds is 6. The quantitative estimate of drug-likeness (QED) is 0.786. The zero-order valence-corrected chi connectivity index (χ0v) is 16.4. The summed E-state index contributed by atoms with van der Waals surface area (Å²) in [5.74, 6) is 0.979. The van der Waals surface area contributed by atoms with Crippen molar-refractivity contribution in [2.45, 2.75) is 25.4 Å². The van der Waals surface area contributed by atoms with Crippen LogP contribution in [-0.2, 0) is 16.1 Å². The topological polar surface area (TPSA) is 73.6 Å². The van der Waals surface area contributed by atoms with Gasteiger partial charge in [0.15, 0.2) is 0 Å². The highest BCUT2D eigenvalue weighted by atomic mass is 35.5. The molecule has 2 heterocycles. The van der Waals surface area contributed by atoms with Crippen molar-refractivity contribution < 1.29 is 14.3 Å². The van der Waals surface area contributed by atoms with Gasteiger partial charge in [-0.25, -0.2) is 0 Å². The van der Waals surface area contributed by atoms with Crippen molar-refractivity contribution in [3.63, 3.8) is 0 Å². The molecule has 0 spiro atoms. The molecule has 2 aromatic rings. The van der Waals surface area contributed by atoms with Crippen LogP contribution in [0.3, 0.4) is 0 Å². The van der Waals surface area contributed by atoms with Gasteiger partial charge >= 0.3 is 0 Å². The highest BCUT2D eigenvalue weighted by Crippen LogP contribution is 2.27. The first kappa shape index (κ1) is 20.7. The van der Waals surface area contributed by atoms with E-state index in [4.69, 9.17) is 15.2 Å². The zero-order valence-electron chi connectivity index (χ0n) is 14.8. The molecule has 1 atom stereocenters. The molecule has 3 rings (SSSR count). The summed E-state index contributed by atoms with van der Waals surface area (Å²) < 4.78 is 10.5. The molecule has 0 bridgehead atoms. The molecule has 1 saturated heterocycles. The minimum atomic E-state index is -0.454. The average molecular weight is 397 g/mol. The molecule has 142 valence electrons. The number of nitrogens with one attached hydrogen (secondary N) is 1. The van der Waals surface area contributed by atoms with Crippen molar-refractivity contribution in [3.8, 4) is 16.9 Å². The Morgan fingerprint density at radius 2 is 2.00 bits per heavy atom. The number of methoxy groups -OCH3 is 1. The second-order valence-corrected chi connectivity index (χ2v) is 7.22. The highest BCUT2D eigenvalue weighted by molar-refractivity contribution is 7.10. The fourth-order valence-corrected chi connectivity index (χ4v) is 3.82. The summed E-state index contributed by atoms with van der Waals surface area (Å²) in [5, 5.41) is 5.06. The molecule has 1 aliphatic heterocycles. The van der Waals surface area contributed by atoms with E-state index in [1.54, 1.807) is 18.4 Å². The predicted molar refractivity (Wildman–Crippen MR) is 107 cm³/mol. The van der Waals surface area contributed by atoms with Crippen LogP contribution in [0.5, 0.6) is 5.75 Å². The minimum absolute atomic E-state index is 0. The van der Waals surface area contributed by atoms with E-state index in [0.717, 1.165) is 34.6 Å². The van der Waals surface area contributed by atoms with Gasteiger partial charge in [-0.2, -0.15) is 0 Å². The van der Waals surface area contributed by atoms with Gasteiger partial charge in [-0.15, -0.1) is 23.7 Å². The van der Waals surface area contributed by atoms with Crippen LogP contribution < -0.4 is 15.8 Å². The Labute approximate surface area is 164 Å². The Balaban J connectivity index is 0.00000243. The van der Waals surface area contributed by atoms with E-state index in [9.17, 15) is 4.79 Å². The lowest BCUT2D eigenvalue weighted by atomic mass is 9.92. The minimum Gasteiger partial charge on any atom is -0.497 e. The molecule has 7 heteroatoms. The van der Waals surface area contributed by atoms with Gasteiger partial charge in [0.25, 0.3) is 0 Å². The van der Waals surface area contributed by atoms with Crippen molar-refractivity contribution >= 4 is 29.7 Å². The van der Waals surface area contributed by atoms with E-state index >= 15 is 0 Å². The molecule has 5 nitrogen and oxygen atoms in total. The number of benzene rings is 1. The summed E-state index contributed by atoms with van der Waals surface area (Å²) in [5.41, 5.74) is 8.38. The van der Waals surface area contributed by atoms with Crippen molar-refractivity contribution in [1.29, 1.82) is 0 Å². The van der Waals surface area contributed by atoms with E-state index in [1.807, 2.05) is 24.3 Å². The molecular weight excluding hydrogens is 372 g/mol. The number of amides is 1. The number of hydrogen-bond donors (Lipinski definition) is 2. The van der Waals surface area contributed by atoms with Crippen LogP contribution >= 0.6 is 23.7 Å². The molecule has 0 aliphatic carbocycles. The van der Waals surface area contributed by atoms with Gasteiger partial charge in [0.05, 0.1) is 19.7 Å². The summed E-state index contributed by atoms with van der Waals surface area (Å²) in [6, 6.07) is 9.61. The molecule has 1 aromatic heterocycles. The number of ether oxygens (including phenoxy) is 2. The van der Waals surface area contributed by atoms with Crippen LogP contribution in [0.25, 0.3) is 11.1 Å². The second-order valence-electron chi connectivity index (χ2n) is 6.22. The van der Waals surface area contributed by atoms with Gasteiger partial charge in [-0.3, -0.25) is 4.79 Å². The lowest BCUT2D eigenvalue weighted by Gasteiger charge is -2.26. The van der Waals surface area contributed by atoms with Gasteiger partial charge in [-0.05, 0) is 53.5 Å². The van der Waals surface area contributed by atoms with Gasteiger partial charge in [0.1, 0.15) is 5.75 Å². The average Bonchev–Trinajstić information content (AvgIpc) is 3.15. The normalized spacial score (nSPS) is 15.8. The van der Waals surface area contributed by atoms with E-state index < -0.39 is 6.04 Å². The molecule has 1 aliphatic rings. The van der Waals surface area contributed by atoms with Gasteiger partial charge in [0.2, 0.25) is 5.91 Å². The highest BCUT2D eigenvalue weighted by Gasteiger charge is 2.26. The summed E-state index contributed by atoms with van der Waals surface area (Å²) in [4.78, 5) is 13.4. The largest absolute Gasteiger partial charge is 0.497 e. The Bertz CT molecular complexity index is 699. The monoisotopic (exact) mass is 396 g/mol. The Morgan fingerprint density at radius 1 is 1.31 bits per heavy atom. The van der Waals surface area contributed by atoms with Crippen molar-refractivity contribution in [1.82, 2.24) is 5.32 Å². The number of thiophene rings is 1. The maximum absolute atomic E-state index is 12.3. The molecule has 1 unspecified atom stereocenters. The lowest BCUT2D eigenvalue weighted by molar-refractivity contribution is -0.124. The lowest BCUT2D eigenvalue weighted by Crippen LogP contribution is -2.46. The van der Waals surface area contributed by atoms with Gasteiger partial charge in [-0.1, -0.05) is 12.1 Å². The first-order valence-corrected chi connectivity index (χ1v) is 9.38. The Morgan fingerprint density at radius 3 is 2.65 bits per heavy atom.